The van der Waals surface area contributed by atoms with Crippen LogP contribution in [0.15, 0.2) is 36.7 Å². The highest BCUT2D eigenvalue weighted by Crippen LogP contribution is 2.30. The minimum absolute atomic E-state index is 0.0512. The van der Waals surface area contributed by atoms with Crippen molar-refractivity contribution in [2.75, 3.05) is 0 Å². The number of carbonyl (C=O) groups excluding carboxylic acids is 2. The molecule has 1 amide bonds. The van der Waals surface area contributed by atoms with Crippen LogP contribution in [0.3, 0.4) is 0 Å². The first-order valence-corrected chi connectivity index (χ1v) is 5.31. The quantitative estimate of drug-likeness (QED) is 0.557. The summed E-state index contributed by atoms with van der Waals surface area (Å²) in [6, 6.07) is 5.21. The number of phenols is 2. The molecule has 2 rings (SSSR count). The fourth-order valence-electron chi connectivity index (χ4n) is 1.61. The number of aromatic nitrogens is 1. The van der Waals surface area contributed by atoms with Gasteiger partial charge >= 0.3 is 0 Å². The van der Waals surface area contributed by atoms with Crippen molar-refractivity contribution in [1.82, 2.24) is 4.98 Å². The Labute approximate surface area is 108 Å². The van der Waals surface area contributed by atoms with E-state index in [0.717, 1.165) is 12.1 Å². The lowest BCUT2D eigenvalue weighted by atomic mass is 10.0. The number of benzene rings is 1. The molecule has 0 unspecified atom stereocenters. The zero-order valence-electron chi connectivity index (χ0n) is 9.70. The van der Waals surface area contributed by atoms with Crippen LogP contribution in [-0.2, 0) is 0 Å². The van der Waals surface area contributed by atoms with Crippen molar-refractivity contribution in [2.45, 2.75) is 0 Å². The Morgan fingerprint density at radius 2 is 1.68 bits per heavy atom. The number of phenolic OH excluding ortho intramolecular Hbond substituents is 1. The third-order valence-corrected chi connectivity index (χ3v) is 2.56. The molecule has 0 aliphatic carbocycles. The minimum atomic E-state index is -0.933. The molecule has 6 heteroatoms. The maximum absolute atomic E-state index is 12.1. The molecule has 2 aromatic rings. The summed E-state index contributed by atoms with van der Waals surface area (Å²) in [6.07, 6.45) is 2.89. The number of rotatable bonds is 3. The topological polar surface area (TPSA) is 114 Å². The predicted molar refractivity (Wildman–Crippen MR) is 66.0 cm³/mol. The van der Waals surface area contributed by atoms with Crippen LogP contribution in [0.1, 0.15) is 26.3 Å². The molecule has 0 aliphatic rings. The van der Waals surface area contributed by atoms with E-state index in [2.05, 4.69) is 4.98 Å². The molecule has 0 atom stereocenters. The molecular weight excluding hydrogens is 248 g/mol. The molecule has 96 valence electrons. The lowest BCUT2D eigenvalue weighted by Gasteiger charge is -2.07. The smallest absolute Gasteiger partial charge is 0.252 e. The Morgan fingerprint density at radius 1 is 1.05 bits per heavy atom. The van der Waals surface area contributed by atoms with Crippen molar-refractivity contribution in [1.29, 1.82) is 0 Å². The molecule has 19 heavy (non-hydrogen) atoms. The average Bonchev–Trinajstić information content (AvgIpc) is 2.41. The molecule has 0 saturated carbocycles. The summed E-state index contributed by atoms with van der Waals surface area (Å²) in [5.74, 6) is -2.56. The van der Waals surface area contributed by atoms with Gasteiger partial charge in [-0.25, -0.2) is 0 Å². The van der Waals surface area contributed by atoms with Crippen LogP contribution >= 0.6 is 0 Å². The van der Waals surface area contributed by atoms with E-state index in [-0.39, 0.29) is 11.1 Å². The van der Waals surface area contributed by atoms with Gasteiger partial charge in [0.2, 0.25) is 0 Å². The molecule has 0 bridgehead atoms. The van der Waals surface area contributed by atoms with E-state index < -0.39 is 23.2 Å². The SMILES string of the molecule is NC(=O)c1cc(C(=O)c2ccncc2)cc(O)c1O. The number of pyridine rings is 1. The van der Waals surface area contributed by atoms with Gasteiger partial charge < -0.3 is 15.9 Å². The summed E-state index contributed by atoms with van der Waals surface area (Å²) in [7, 11) is 0. The number of hydrogen-bond acceptors (Lipinski definition) is 5. The average molecular weight is 258 g/mol. The standard InChI is InChI=1S/C13H10N2O4/c14-13(19)9-5-8(6-10(16)12(9)18)11(17)7-1-3-15-4-2-7/h1-6,16,18H,(H2,14,19). The zero-order valence-corrected chi connectivity index (χ0v) is 9.70. The van der Waals surface area contributed by atoms with Crippen molar-refractivity contribution in [3.05, 3.63) is 53.3 Å². The number of aromatic hydroxyl groups is 2. The zero-order chi connectivity index (χ0) is 14.0. The van der Waals surface area contributed by atoms with E-state index in [1.807, 2.05) is 0 Å². The van der Waals surface area contributed by atoms with Gasteiger partial charge in [-0.3, -0.25) is 14.6 Å². The molecule has 0 radical (unpaired) electrons. The highest BCUT2D eigenvalue weighted by Gasteiger charge is 2.18. The first-order chi connectivity index (χ1) is 9.00. The van der Waals surface area contributed by atoms with E-state index in [0.29, 0.717) is 5.56 Å². The van der Waals surface area contributed by atoms with Crippen LogP contribution in [0.2, 0.25) is 0 Å². The van der Waals surface area contributed by atoms with Gasteiger partial charge in [-0.15, -0.1) is 0 Å². The van der Waals surface area contributed by atoms with Gasteiger partial charge in [0.25, 0.3) is 5.91 Å². The summed E-state index contributed by atoms with van der Waals surface area (Å²) in [6.45, 7) is 0. The molecule has 0 aliphatic heterocycles. The van der Waals surface area contributed by atoms with Crippen LogP contribution < -0.4 is 5.73 Å². The Balaban J connectivity index is 2.52. The van der Waals surface area contributed by atoms with E-state index in [9.17, 15) is 19.8 Å². The largest absolute Gasteiger partial charge is 0.504 e. The second kappa shape index (κ2) is 4.77. The fourth-order valence-corrected chi connectivity index (χ4v) is 1.61. The monoisotopic (exact) mass is 258 g/mol. The second-order valence-corrected chi connectivity index (χ2v) is 3.82. The van der Waals surface area contributed by atoms with Crippen molar-refractivity contribution < 1.29 is 19.8 Å². The summed E-state index contributed by atoms with van der Waals surface area (Å²) >= 11 is 0. The minimum Gasteiger partial charge on any atom is -0.504 e. The van der Waals surface area contributed by atoms with Gasteiger partial charge in [0, 0.05) is 23.5 Å². The maximum atomic E-state index is 12.1. The molecule has 0 fully saturated rings. The van der Waals surface area contributed by atoms with Crippen molar-refractivity contribution in [3.8, 4) is 11.5 Å². The van der Waals surface area contributed by atoms with Crippen LogP contribution in [0.25, 0.3) is 0 Å². The summed E-state index contributed by atoms with van der Waals surface area (Å²) < 4.78 is 0. The molecule has 0 spiro atoms. The molecule has 4 N–H and O–H groups in total. The Morgan fingerprint density at radius 3 is 2.26 bits per heavy atom. The molecular formula is C13H10N2O4. The Hall–Kier alpha value is -2.89. The number of nitrogens with two attached hydrogens (primary N) is 1. The molecule has 6 nitrogen and oxygen atoms in total. The van der Waals surface area contributed by atoms with Gasteiger partial charge in [-0.05, 0) is 24.3 Å². The number of carbonyl (C=O) groups is 2. The van der Waals surface area contributed by atoms with Crippen LogP contribution in [0.5, 0.6) is 11.5 Å². The Bertz CT molecular complexity index is 653. The van der Waals surface area contributed by atoms with E-state index in [1.165, 1.54) is 24.5 Å². The van der Waals surface area contributed by atoms with E-state index >= 15 is 0 Å². The first kappa shape index (κ1) is 12.6. The number of primary amides is 1. The van der Waals surface area contributed by atoms with Crippen molar-refractivity contribution >= 4 is 11.7 Å². The second-order valence-electron chi connectivity index (χ2n) is 3.82. The highest BCUT2D eigenvalue weighted by atomic mass is 16.3. The molecule has 1 aromatic carbocycles. The number of ketones is 1. The van der Waals surface area contributed by atoms with Crippen molar-refractivity contribution in [2.24, 2.45) is 5.73 Å². The first-order valence-electron chi connectivity index (χ1n) is 5.31. The van der Waals surface area contributed by atoms with Gasteiger partial charge in [0.15, 0.2) is 17.3 Å². The van der Waals surface area contributed by atoms with Crippen molar-refractivity contribution in [3.63, 3.8) is 0 Å². The molecule has 0 saturated heterocycles. The third-order valence-electron chi connectivity index (χ3n) is 2.56. The summed E-state index contributed by atoms with van der Waals surface area (Å²) in [5.41, 5.74) is 5.15. The lowest BCUT2D eigenvalue weighted by Crippen LogP contribution is -2.13. The normalized spacial score (nSPS) is 10.1. The van der Waals surface area contributed by atoms with Gasteiger partial charge in [0.1, 0.15) is 0 Å². The number of amides is 1. The molecule has 1 aromatic heterocycles. The Kier molecular flexibility index (Phi) is 3.15. The number of nitrogens with zero attached hydrogens (tertiary/aromatic N) is 1. The fraction of sp³-hybridized carbons (Fsp3) is 0. The van der Waals surface area contributed by atoms with Crippen LogP contribution in [0.4, 0.5) is 0 Å². The van der Waals surface area contributed by atoms with E-state index in [1.54, 1.807) is 0 Å². The predicted octanol–water partition coefficient (Wildman–Crippen LogP) is 0.823. The van der Waals surface area contributed by atoms with Crippen LogP contribution in [-0.4, -0.2) is 26.9 Å². The lowest BCUT2D eigenvalue weighted by molar-refractivity contribution is 0.0997. The van der Waals surface area contributed by atoms with Gasteiger partial charge in [-0.1, -0.05) is 0 Å². The van der Waals surface area contributed by atoms with Gasteiger partial charge in [-0.2, -0.15) is 0 Å². The molecule has 1 heterocycles. The summed E-state index contributed by atoms with van der Waals surface area (Å²) in [4.78, 5) is 27.0. The number of hydrogen-bond donors (Lipinski definition) is 3. The third kappa shape index (κ3) is 2.37. The van der Waals surface area contributed by atoms with Gasteiger partial charge in [0.05, 0.1) is 5.56 Å². The maximum Gasteiger partial charge on any atom is 0.252 e. The highest BCUT2D eigenvalue weighted by molar-refractivity contribution is 6.11. The summed E-state index contributed by atoms with van der Waals surface area (Å²) in [5, 5.41) is 19.0. The van der Waals surface area contributed by atoms with Crippen LogP contribution in [0, 0.1) is 0 Å². The van der Waals surface area contributed by atoms with E-state index in [4.69, 9.17) is 5.73 Å².